The Morgan fingerprint density at radius 1 is 1.06 bits per heavy atom. The third-order valence-corrected chi connectivity index (χ3v) is 4.81. The van der Waals surface area contributed by atoms with E-state index < -0.39 is 11.9 Å². The monoisotopic (exact) mass is 462 g/mol. The van der Waals surface area contributed by atoms with E-state index in [4.69, 9.17) is 26.2 Å². The molecule has 3 rings (SSSR count). The van der Waals surface area contributed by atoms with E-state index >= 15 is 0 Å². The van der Waals surface area contributed by atoms with Gasteiger partial charge in [0.1, 0.15) is 18.2 Å². The molecule has 33 heavy (non-hydrogen) atoms. The summed E-state index contributed by atoms with van der Waals surface area (Å²) in [4.78, 5) is 23.5. The van der Waals surface area contributed by atoms with E-state index in [1.165, 1.54) is 37.5 Å². The minimum Gasteiger partial charge on any atom is -0.493 e. The van der Waals surface area contributed by atoms with Crippen LogP contribution < -0.4 is 14.8 Å². The Hall–Kier alpha value is -4.28. The fourth-order valence-electron chi connectivity index (χ4n) is 2.85. The summed E-state index contributed by atoms with van der Waals surface area (Å²) in [5.74, 6) is -0.746. The number of carbonyl (C=O) groups is 2. The Balaban J connectivity index is 1.77. The predicted octanol–water partition coefficient (Wildman–Crippen LogP) is 5.17. The van der Waals surface area contributed by atoms with Crippen LogP contribution in [0.25, 0.3) is 6.08 Å². The molecule has 0 spiro atoms. The van der Waals surface area contributed by atoms with Gasteiger partial charge in [0.05, 0.1) is 12.7 Å². The second-order valence-corrected chi connectivity index (χ2v) is 7.27. The van der Waals surface area contributed by atoms with Gasteiger partial charge in [-0.25, -0.2) is 4.79 Å². The average Bonchev–Trinajstić information content (AvgIpc) is 2.82. The number of halogens is 1. The number of rotatable bonds is 8. The minimum absolute atomic E-state index is 0.0911. The lowest BCUT2D eigenvalue weighted by atomic mass is 10.1. The van der Waals surface area contributed by atoms with Crippen molar-refractivity contribution in [1.29, 1.82) is 5.26 Å². The number of aromatic carboxylic acids is 1. The number of hydrogen-bond donors (Lipinski definition) is 2. The zero-order valence-corrected chi connectivity index (χ0v) is 18.3. The molecule has 0 radical (unpaired) electrons. The Morgan fingerprint density at radius 2 is 1.76 bits per heavy atom. The second kappa shape index (κ2) is 10.8. The molecule has 3 aromatic carbocycles. The van der Waals surface area contributed by atoms with E-state index in [1.807, 2.05) is 18.2 Å². The molecule has 0 atom stereocenters. The van der Waals surface area contributed by atoms with E-state index in [1.54, 1.807) is 30.3 Å². The van der Waals surface area contributed by atoms with Gasteiger partial charge in [-0.3, -0.25) is 4.79 Å². The maximum Gasteiger partial charge on any atom is 0.335 e. The average molecular weight is 463 g/mol. The highest BCUT2D eigenvalue weighted by Crippen LogP contribution is 2.30. The molecule has 0 unspecified atom stereocenters. The van der Waals surface area contributed by atoms with Crippen LogP contribution in [0.2, 0.25) is 5.02 Å². The van der Waals surface area contributed by atoms with E-state index in [0.717, 1.165) is 5.56 Å². The van der Waals surface area contributed by atoms with Crippen molar-refractivity contribution < 1.29 is 24.2 Å². The summed E-state index contributed by atoms with van der Waals surface area (Å²) in [6.07, 6.45) is 1.43. The van der Waals surface area contributed by atoms with Gasteiger partial charge in [-0.05, 0) is 65.7 Å². The molecule has 2 N–H and O–H groups in total. The molecule has 3 aromatic rings. The Morgan fingerprint density at radius 3 is 2.36 bits per heavy atom. The molecule has 0 fully saturated rings. The number of nitrogens with zero attached hydrogens (tertiary/aromatic N) is 1. The van der Waals surface area contributed by atoms with Crippen LogP contribution in [0.5, 0.6) is 11.5 Å². The predicted molar refractivity (Wildman–Crippen MR) is 124 cm³/mol. The van der Waals surface area contributed by atoms with Crippen LogP contribution in [0.4, 0.5) is 5.69 Å². The molecule has 0 aliphatic rings. The van der Waals surface area contributed by atoms with E-state index in [2.05, 4.69) is 5.32 Å². The third kappa shape index (κ3) is 6.35. The lowest BCUT2D eigenvalue weighted by molar-refractivity contribution is -0.112. The lowest BCUT2D eigenvalue weighted by Gasteiger charge is -2.12. The molecule has 0 saturated heterocycles. The Bertz CT molecular complexity index is 1230. The standard InChI is InChI=1S/C25H19ClN2O5/c1-32-22-11-4-17(13-23(22)33-15-16-2-7-20(26)8-3-16)12-19(14-27)24(29)28-21-9-5-18(6-10-21)25(30)31/h2-13H,15H2,1H3,(H,28,29)(H,30,31)/b19-12+. The van der Waals surface area contributed by atoms with Gasteiger partial charge >= 0.3 is 5.97 Å². The molecule has 0 saturated carbocycles. The highest BCUT2D eigenvalue weighted by atomic mass is 35.5. The van der Waals surface area contributed by atoms with Gasteiger partial charge in [-0.15, -0.1) is 0 Å². The van der Waals surface area contributed by atoms with Gasteiger partial charge in [-0.2, -0.15) is 5.26 Å². The van der Waals surface area contributed by atoms with Gasteiger partial charge in [0, 0.05) is 10.7 Å². The minimum atomic E-state index is -1.07. The van der Waals surface area contributed by atoms with Crippen molar-refractivity contribution in [1.82, 2.24) is 0 Å². The molecule has 0 aliphatic carbocycles. The number of carbonyl (C=O) groups excluding carboxylic acids is 1. The number of ether oxygens (including phenoxy) is 2. The quantitative estimate of drug-likeness (QED) is 0.353. The SMILES string of the molecule is COc1ccc(/C=C(\C#N)C(=O)Nc2ccc(C(=O)O)cc2)cc1OCc1ccc(Cl)cc1. The van der Waals surface area contributed by atoms with Crippen molar-refractivity contribution in [3.05, 3.63) is 94.0 Å². The Kier molecular flexibility index (Phi) is 7.68. The smallest absolute Gasteiger partial charge is 0.335 e. The summed E-state index contributed by atoms with van der Waals surface area (Å²) in [6.45, 7) is 0.276. The van der Waals surface area contributed by atoms with Crippen LogP contribution in [-0.2, 0) is 11.4 Å². The van der Waals surface area contributed by atoms with Gasteiger partial charge in [0.2, 0.25) is 0 Å². The van der Waals surface area contributed by atoms with Gasteiger partial charge in [-0.1, -0.05) is 29.8 Å². The van der Waals surface area contributed by atoms with Gasteiger partial charge in [0.15, 0.2) is 11.5 Å². The number of carboxylic acids is 1. The zero-order chi connectivity index (χ0) is 23.8. The fraction of sp³-hybridized carbons (Fsp3) is 0.0800. The van der Waals surface area contributed by atoms with E-state index in [-0.39, 0.29) is 17.7 Å². The largest absolute Gasteiger partial charge is 0.493 e. The maximum absolute atomic E-state index is 12.5. The fourth-order valence-corrected chi connectivity index (χ4v) is 2.97. The molecule has 0 aliphatic heterocycles. The summed E-state index contributed by atoms with van der Waals surface area (Å²) in [5, 5.41) is 21.6. The first-order valence-electron chi connectivity index (χ1n) is 9.71. The van der Waals surface area contributed by atoms with Crippen molar-refractivity contribution >= 4 is 35.2 Å². The van der Waals surface area contributed by atoms with Crippen molar-refractivity contribution in [2.45, 2.75) is 6.61 Å². The number of hydrogen-bond acceptors (Lipinski definition) is 5. The highest BCUT2D eigenvalue weighted by Gasteiger charge is 2.12. The normalized spacial score (nSPS) is 10.8. The summed E-state index contributed by atoms with van der Waals surface area (Å²) in [6, 6.07) is 19.8. The molecular formula is C25H19ClN2O5. The molecule has 8 heteroatoms. The summed E-state index contributed by atoms with van der Waals surface area (Å²) < 4.78 is 11.2. The summed E-state index contributed by atoms with van der Waals surface area (Å²) in [5.41, 5.74) is 1.80. The maximum atomic E-state index is 12.5. The van der Waals surface area contributed by atoms with E-state index in [0.29, 0.717) is 27.8 Å². The number of nitrogens with one attached hydrogen (secondary N) is 1. The molecule has 7 nitrogen and oxygen atoms in total. The van der Waals surface area contributed by atoms with Crippen LogP contribution in [0.3, 0.4) is 0 Å². The van der Waals surface area contributed by atoms with Crippen molar-refractivity contribution in [2.24, 2.45) is 0 Å². The highest BCUT2D eigenvalue weighted by molar-refractivity contribution is 6.30. The number of benzene rings is 3. The van der Waals surface area contributed by atoms with Crippen molar-refractivity contribution in [3.8, 4) is 17.6 Å². The third-order valence-electron chi connectivity index (χ3n) is 4.56. The lowest BCUT2D eigenvalue weighted by Crippen LogP contribution is -2.13. The molecule has 1 amide bonds. The first-order valence-corrected chi connectivity index (χ1v) is 10.1. The van der Waals surface area contributed by atoms with Crippen LogP contribution in [0, 0.1) is 11.3 Å². The first kappa shape index (κ1) is 23.4. The molecule has 0 bridgehead atoms. The summed E-state index contributed by atoms with van der Waals surface area (Å²) >= 11 is 5.91. The van der Waals surface area contributed by atoms with Crippen molar-refractivity contribution in [2.75, 3.05) is 12.4 Å². The number of carboxylic acid groups (broad SMARTS) is 1. The van der Waals surface area contributed by atoms with E-state index in [9.17, 15) is 14.9 Å². The van der Waals surface area contributed by atoms with Crippen LogP contribution in [0.15, 0.2) is 72.3 Å². The van der Waals surface area contributed by atoms with Gasteiger partial charge < -0.3 is 19.9 Å². The first-order chi connectivity index (χ1) is 15.9. The molecule has 0 aromatic heterocycles. The Labute approximate surface area is 195 Å². The summed E-state index contributed by atoms with van der Waals surface area (Å²) in [7, 11) is 1.52. The van der Waals surface area contributed by atoms with Crippen molar-refractivity contribution in [3.63, 3.8) is 0 Å². The van der Waals surface area contributed by atoms with Crippen LogP contribution >= 0.6 is 11.6 Å². The topological polar surface area (TPSA) is 109 Å². The number of methoxy groups -OCH3 is 1. The van der Waals surface area contributed by atoms with Crippen LogP contribution in [0.1, 0.15) is 21.5 Å². The molecular weight excluding hydrogens is 444 g/mol. The number of nitriles is 1. The van der Waals surface area contributed by atoms with Crippen LogP contribution in [-0.4, -0.2) is 24.1 Å². The zero-order valence-electron chi connectivity index (χ0n) is 17.5. The molecule has 0 heterocycles. The number of anilines is 1. The molecule has 166 valence electrons. The second-order valence-electron chi connectivity index (χ2n) is 6.83. The van der Waals surface area contributed by atoms with Gasteiger partial charge in [0.25, 0.3) is 5.91 Å². The number of amides is 1.